The van der Waals surface area contributed by atoms with E-state index in [9.17, 15) is 0 Å². The molecular formula is C14H28Yb. The van der Waals surface area contributed by atoms with Crippen LogP contribution in [0.3, 0.4) is 0 Å². The minimum atomic E-state index is 0. The van der Waals surface area contributed by atoms with Crippen LogP contribution >= 0.6 is 0 Å². The Labute approximate surface area is 137 Å². The van der Waals surface area contributed by atoms with Gasteiger partial charge in [-0.2, -0.15) is 6.42 Å². The van der Waals surface area contributed by atoms with Gasteiger partial charge < -0.3 is 14.4 Å². The van der Waals surface area contributed by atoms with E-state index in [0.29, 0.717) is 0 Å². The molecule has 0 saturated carbocycles. The SMILES string of the molecule is CC.CC.[CH2-]CC.[CH3-].[Yb+2].c1ccccc1. The summed E-state index contributed by atoms with van der Waals surface area (Å²) in [5.41, 5.74) is 0. The Bertz CT molecular complexity index is 88.2. The van der Waals surface area contributed by atoms with Crippen LogP contribution in [0.5, 0.6) is 0 Å². The smallest absolute Gasteiger partial charge is 0.358 e. The van der Waals surface area contributed by atoms with Crippen LogP contribution in [0.4, 0.5) is 0 Å². The van der Waals surface area contributed by atoms with Crippen LogP contribution in [-0.2, 0) is 0 Å². The van der Waals surface area contributed by atoms with Gasteiger partial charge in [0.15, 0.2) is 0 Å². The predicted octanol–water partition coefficient (Wildman–Crippen LogP) is 5.42. The summed E-state index contributed by atoms with van der Waals surface area (Å²) < 4.78 is 0. The van der Waals surface area contributed by atoms with Crippen LogP contribution in [0.2, 0.25) is 0 Å². The first-order chi connectivity index (χ1) is 6.41. The summed E-state index contributed by atoms with van der Waals surface area (Å²) in [4.78, 5) is 0. The third-order valence-corrected chi connectivity index (χ3v) is 0.667. The minimum Gasteiger partial charge on any atom is -0.358 e. The first-order valence-corrected chi connectivity index (χ1v) is 5.21. The minimum absolute atomic E-state index is 0. The molecule has 15 heavy (non-hydrogen) atoms. The average Bonchev–Trinajstić information content (AvgIpc) is 2.27. The fourth-order valence-electron chi connectivity index (χ4n) is 0.385. The molecule has 0 aliphatic carbocycles. The Kier molecular flexibility index (Phi) is 91.8. The van der Waals surface area contributed by atoms with Crippen LogP contribution in [0.15, 0.2) is 36.4 Å². The van der Waals surface area contributed by atoms with Crippen LogP contribution in [-0.4, -0.2) is 0 Å². The maximum atomic E-state index is 3.49. The quantitative estimate of drug-likeness (QED) is 0.536. The zero-order valence-corrected chi connectivity index (χ0v) is 12.9. The van der Waals surface area contributed by atoms with Crippen LogP contribution in [0, 0.1) is 61.3 Å². The van der Waals surface area contributed by atoms with Gasteiger partial charge in [0.2, 0.25) is 0 Å². The van der Waals surface area contributed by atoms with Gasteiger partial charge in [-0.15, -0.1) is 0 Å². The number of rotatable bonds is 0. The summed E-state index contributed by atoms with van der Waals surface area (Å²) in [6, 6.07) is 12.0. The topological polar surface area (TPSA) is 0 Å². The van der Waals surface area contributed by atoms with Crippen molar-refractivity contribution in [3.05, 3.63) is 50.7 Å². The van der Waals surface area contributed by atoms with Crippen molar-refractivity contribution in [1.82, 2.24) is 0 Å². The van der Waals surface area contributed by atoms with Crippen molar-refractivity contribution in [3.63, 3.8) is 0 Å². The molecule has 98 valence electrons. The molecular weight excluding hydrogens is 341 g/mol. The van der Waals surface area contributed by atoms with Gasteiger partial charge in [-0.25, -0.2) is 0 Å². The molecule has 1 rings (SSSR count). The van der Waals surface area contributed by atoms with E-state index in [-0.39, 0.29) is 54.4 Å². The molecule has 0 aromatic heterocycles. The maximum absolute atomic E-state index is 3.49. The molecule has 0 spiro atoms. The summed E-state index contributed by atoms with van der Waals surface area (Å²) in [5.74, 6) is 0. The third kappa shape index (κ3) is 52.7. The second-order valence-corrected chi connectivity index (χ2v) is 1.65. The Morgan fingerprint density at radius 2 is 0.800 bits per heavy atom. The molecule has 0 nitrogen and oxygen atoms in total. The van der Waals surface area contributed by atoms with Gasteiger partial charge in [0.05, 0.1) is 0 Å². The maximum Gasteiger partial charge on any atom is 2.00 e. The van der Waals surface area contributed by atoms with E-state index >= 15 is 0 Å². The molecule has 1 aromatic rings. The summed E-state index contributed by atoms with van der Waals surface area (Å²) in [6.07, 6.45) is 1.00. The standard InChI is InChI=1S/C6H6.C3H7.2C2H6.CH3.Yb/c1-2-4-6-5-3-1;1-3-2;2*1-2;;/h1-6H;1,3H2,2H3;2*1-2H3;1H3;/q;-1;;;-1;+2. The van der Waals surface area contributed by atoms with E-state index in [2.05, 4.69) is 6.92 Å². The Morgan fingerprint density at radius 1 is 0.733 bits per heavy atom. The molecule has 1 heteroatoms. The fraction of sp³-hybridized carbons (Fsp3) is 0.429. The largest absolute Gasteiger partial charge is 2.00 e. The van der Waals surface area contributed by atoms with Gasteiger partial charge in [0, 0.05) is 0 Å². The van der Waals surface area contributed by atoms with Crippen LogP contribution in [0.25, 0.3) is 0 Å². The van der Waals surface area contributed by atoms with Gasteiger partial charge in [0.25, 0.3) is 0 Å². The number of hydrogen-bond donors (Lipinski definition) is 0. The molecule has 0 N–H and O–H groups in total. The monoisotopic (exact) mass is 370 g/mol. The summed E-state index contributed by atoms with van der Waals surface area (Å²) in [5, 5.41) is 0. The zero-order chi connectivity index (χ0) is 10.9. The van der Waals surface area contributed by atoms with Gasteiger partial charge in [-0.3, -0.25) is 0 Å². The molecule has 1 aromatic carbocycles. The Hall–Kier alpha value is 0.739. The van der Waals surface area contributed by atoms with E-state index in [0.717, 1.165) is 6.42 Å². The number of hydrogen-bond acceptors (Lipinski definition) is 0. The van der Waals surface area contributed by atoms with Crippen molar-refractivity contribution in [1.29, 1.82) is 0 Å². The second-order valence-electron chi connectivity index (χ2n) is 1.65. The van der Waals surface area contributed by atoms with Gasteiger partial charge in [0.1, 0.15) is 0 Å². The summed E-state index contributed by atoms with van der Waals surface area (Å²) >= 11 is 0. The molecule has 0 amide bonds. The molecule has 0 atom stereocenters. The Morgan fingerprint density at radius 3 is 0.867 bits per heavy atom. The van der Waals surface area contributed by atoms with Crippen LogP contribution in [0.1, 0.15) is 41.0 Å². The first-order valence-electron chi connectivity index (χ1n) is 5.21. The van der Waals surface area contributed by atoms with E-state index in [1.165, 1.54) is 0 Å². The van der Waals surface area contributed by atoms with Crippen molar-refractivity contribution in [3.8, 4) is 0 Å². The van der Waals surface area contributed by atoms with Gasteiger partial charge in [-0.05, 0) is 0 Å². The third-order valence-electron chi connectivity index (χ3n) is 0.667. The van der Waals surface area contributed by atoms with E-state index in [1.54, 1.807) is 0 Å². The molecule has 0 unspecified atom stereocenters. The fourth-order valence-corrected chi connectivity index (χ4v) is 0.385. The van der Waals surface area contributed by atoms with Crippen molar-refractivity contribution < 1.29 is 46.9 Å². The van der Waals surface area contributed by atoms with Crippen molar-refractivity contribution in [2.24, 2.45) is 0 Å². The molecule has 0 heterocycles. The molecule has 0 aliphatic rings. The molecule has 0 saturated heterocycles. The van der Waals surface area contributed by atoms with E-state index in [1.807, 2.05) is 71.0 Å². The van der Waals surface area contributed by atoms with Crippen molar-refractivity contribution in [2.75, 3.05) is 0 Å². The molecule has 0 radical (unpaired) electrons. The van der Waals surface area contributed by atoms with Gasteiger partial charge >= 0.3 is 46.9 Å². The second kappa shape index (κ2) is 46.5. The normalized spacial score (nSPS) is 5.20. The Balaban J connectivity index is -0.0000000329. The number of benzene rings is 1. The predicted molar refractivity (Wildman–Crippen MR) is 71.2 cm³/mol. The van der Waals surface area contributed by atoms with E-state index < -0.39 is 0 Å². The average molecular weight is 369 g/mol. The summed E-state index contributed by atoms with van der Waals surface area (Å²) in [6.45, 7) is 13.5. The van der Waals surface area contributed by atoms with Crippen molar-refractivity contribution >= 4 is 0 Å². The first kappa shape index (κ1) is 29.6. The summed E-state index contributed by atoms with van der Waals surface area (Å²) in [7, 11) is 0. The zero-order valence-electron chi connectivity index (χ0n) is 11.1. The van der Waals surface area contributed by atoms with E-state index in [4.69, 9.17) is 0 Å². The molecule has 0 fully saturated rings. The molecule has 0 aliphatic heterocycles. The molecule has 0 bridgehead atoms. The van der Waals surface area contributed by atoms with Gasteiger partial charge in [-0.1, -0.05) is 71.0 Å². The van der Waals surface area contributed by atoms with Crippen molar-refractivity contribution in [2.45, 2.75) is 41.0 Å². The van der Waals surface area contributed by atoms with Crippen LogP contribution < -0.4 is 0 Å².